The first-order valence-corrected chi connectivity index (χ1v) is 10.1. The molecule has 0 bridgehead atoms. The summed E-state index contributed by atoms with van der Waals surface area (Å²) in [6.07, 6.45) is 3.06. The van der Waals surface area contributed by atoms with Crippen molar-refractivity contribution in [3.05, 3.63) is 48.0 Å². The second-order valence-electron chi connectivity index (χ2n) is 7.21. The van der Waals surface area contributed by atoms with Gasteiger partial charge in [-0.2, -0.15) is 15.2 Å². The van der Waals surface area contributed by atoms with Gasteiger partial charge in [-0.1, -0.05) is 6.07 Å². The second-order valence-corrected chi connectivity index (χ2v) is 7.21. The number of aryl methyl sites for hydroxylation is 3. The Kier molecular flexibility index (Phi) is 5.89. The van der Waals surface area contributed by atoms with Gasteiger partial charge < -0.3 is 20.7 Å². The molecule has 3 heterocycles. The van der Waals surface area contributed by atoms with Gasteiger partial charge in [-0.05, 0) is 19.1 Å². The standard InChI is InChI=1S/C21H24N10O2/c1-12-9-16(28-31(12)4)26-21-23-10-14(20(32)22-2)19(27-21)25-15-8-6-7-13(17(15)33-5)18-24-11-30(3)29-18/h6-11H,1-5H3,(H,22,32)(H2,23,25,26,27,28). The van der Waals surface area contributed by atoms with Crippen LogP contribution in [0, 0.1) is 6.92 Å². The van der Waals surface area contributed by atoms with E-state index in [4.69, 9.17) is 4.74 Å². The van der Waals surface area contributed by atoms with E-state index < -0.39 is 0 Å². The quantitative estimate of drug-likeness (QED) is 0.388. The molecule has 0 spiro atoms. The van der Waals surface area contributed by atoms with Crippen molar-refractivity contribution in [3.63, 3.8) is 0 Å². The maximum atomic E-state index is 12.5. The SMILES string of the molecule is CNC(=O)c1cnc(Nc2cc(C)n(C)n2)nc1Nc1cccc(-c2ncn(C)n2)c1OC. The number of anilines is 4. The minimum Gasteiger partial charge on any atom is -0.494 e. The number of amides is 1. The van der Waals surface area contributed by atoms with Gasteiger partial charge in [0.05, 0.1) is 18.4 Å². The minimum atomic E-state index is -0.334. The maximum absolute atomic E-state index is 12.5. The summed E-state index contributed by atoms with van der Waals surface area (Å²) in [5.74, 6) is 1.86. The molecule has 4 aromatic rings. The summed E-state index contributed by atoms with van der Waals surface area (Å²) >= 11 is 0. The van der Waals surface area contributed by atoms with Gasteiger partial charge >= 0.3 is 0 Å². The smallest absolute Gasteiger partial charge is 0.256 e. The lowest BCUT2D eigenvalue weighted by atomic mass is 10.1. The lowest BCUT2D eigenvalue weighted by Crippen LogP contribution is -2.20. The molecule has 4 rings (SSSR count). The molecule has 12 heteroatoms. The third-order valence-electron chi connectivity index (χ3n) is 4.93. The molecular weight excluding hydrogens is 424 g/mol. The number of benzene rings is 1. The fourth-order valence-corrected chi connectivity index (χ4v) is 3.20. The van der Waals surface area contributed by atoms with Crippen LogP contribution in [0.3, 0.4) is 0 Å². The zero-order chi connectivity index (χ0) is 23.5. The highest BCUT2D eigenvalue weighted by Crippen LogP contribution is 2.36. The van der Waals surface area contributed by atoms with Gasteiger partial charge in [0.15, 0.2) is 17.4 Å². The number of aromatic nitrogens is 7. The fraction of sp³-hybridized carbons (Fsp3) is 0.238. The molecule has 1 amide bonds. The maximum Gasteiger partial charge on any atom is 0.256 e. The van der Waals surface area contributed by atoms with Gasteiger partial charge in [-0.3, -0.25) is 14.2 Å². The first-order chi connectivity index (χ1) is 15.9. The van der Waals surface area contributed by atoms with Gasteiger partial charge in [0.2, 0.25) is 5.95 Å². The number of nitrogens with one attached hydrogen (secondary N) is 3. The van der Waals surface area contributed by atoms with Crippen LogP contribution >= 0.6 is 0 Å². The van der Waals surface area contributed by atoms with E-state index in [0.717, 1.165) is 5.69 Å². The molecular formula is C21H24N10O2. The Morgan fingerprint density at radius 3 is 2.58 bits per heavy atom. The first-order valence-electron chi connectivity index (χ1n) is 10.1. The van der Waals surface area contributed by atoms with Crippen molar-refractivity contribution >= 4 is 29.2 Å². The molecule has 3 N–H and O–H groups in total. The van der Waals surface area contributed by atoms with Crippen molar-refractivity contribution in [2.75, 3.05) is 24.8 Å². The number of hydrogen-bond acceptors (Lipinski definition) is 9. The zero-order valence-electron chi connectivity index (χ0n) is 18.9. The molecule has 0 saturated carbocycles. The predicted molar refractivity (Wildman–Crippen MR) is 123 cm³/mol. The van der Waals surface area contributed by atoms with E-state index in [1.165, 1.54) is 6.20 Å². The van der Waals surface area contributed by atoms with Gasteiger partial charge in [-0.25, -0.2) is 9.97 Å². The molecule has 0 aliphatic carbocycles. The topological polar surface area (TPSA) is 137 Å². The molecule has 1 aromatic carbocycles. The van der Waals surface area contributed by atoms with Crippen LogP contribution in [-0.2, 0) is 14.1 Å². The minimum absolute atomic E-state index is 0.267. The Labute approximate surface area is 190 Å². The zero-order valence-corrected chi connectivity index (χ0v) is 18.9. The van der Waals surface area contributed by atoms with Crippen molar-refractivity contribution in [3.8, 4) is 17.1 Å². The van der Waals surface area contributed by atoms with Gasteiger partial charge in [0.1, 0.15) is 17.7 Å². The van der Waals surface area contributed by atoms with Crippen molar-refractivity contribution in [2.24, 2.45) is 14.1 Å². The van der Waals surface area contributed by atoms with Crippen molar-refractivity contribution in [1.29, 1.82) is 0 Å². The first kappa shape index (κ1) is 21.7. The monoisotopic (exact) mass is 448 g/mol. The molecule has 12 nitrogen and oxygen atoms in total. The van der Waals surface area contributed by atoms with E-state index in [0.29, 0.717) is 34.5 Å². The van der Waals surface area contributed by atoms with Crippen molar-refractivity contribution < 1.29 is 9.53 Å². The molecule has 3 aromatic heterocycles. The van der Waals surface area contributed by atoms with Gasteiger partial charge in [-0.15, -0.1) is 0 Å². The van der Waals surface area contributed by atoms with E-state index in [9.17, 15) is 4.79 Å². The van der Waals surface area contributed by atoms with Crippen molar-refractivity contribution in [2.45, 2.75) is 6.92 Å². The normalized spacial score (nSPS) is 10.7. The molecule has 170 valence electrons. The molecule has 0 aliphatic heterocycles. The highest BCUT2D eigenvalue weighted by Gasteiger charge is 2.19. The van der Waals surface area contributed by atoms with E-state index in [2.05, 4.69) is 41.1 Å². The fourth-order valence-electron chi connectivity index (χ4n) is 3.20. The van der Waals surface area contributed by atoms with Crippen LogP contribution in [0.1, 0.15) is 16.1 Å². The summed E-state index contributed by atoms with van der Waals surface area (Å²) < 4.78 is 9.01. The largest absolute Gasteiger partial charge is 0.494 e. The summed E-state index contributed by atoms with van der Waals surface area (Å²) in [5.41, 5.74) is 2.53. The summed E-state index contributed by atoms with van der Waals surface area (Å²) in [7, 11) is 6.74. The van der Waals surface area contributed by atoms with Crippen LogP contribution in [0.5, 0.6) is 5.75 Å². The predicted octanol–water partition coefficient (Wildman–Crippen LogP) is 2.17. The lowest BCUT2D eigenvalue weighted by molar-refractivity contribution is 0.0963. The van der Waals surface area contributed by atoms with Crippen LogP contribution in [0.25, 0.3) is 11.4 Å². The Morgan fingerprint density at radius 1 is 1.12 bits per heavy atom. The molecule has 0 atom stereocenters. The number of ether oxygens (including phenoxy) is 1. The van der Waals surface area contributed by atoms with Crippen molar-refractivity contribution in [1.82, 2.24) is 39.8 Å². The third kappa shape index (κ3) is 4.44. The third-order valence-corrected chi connectivity index (χ3v) is 4.93. The van der Waals surface area contributed by atoms with Crippen LogP contribution in [0.15, 0.2) is 36.8 Å². The number of para-hydroxylation sites is 1. The number of rotatable bonds is 7. The Hall–Kier alpha value is -4.48. The van der Waals surface area contributed by atoms with Gasteiger partial charge in [0, 0.05) is 39.1 Å². The number of methoxy groups -OCH3 is 1. The highest BCUT2D eigenvalue weighted by molar-refractivity contribution is 5.99. The highest BCUT2D eigenvalue weighted by atomic mass is 16.5. The lowest BCUT2D eigenvalue weighted by Gasteiger charge is -2.15. The van der Waals surface area contributed by atoms with E-state index in [1.54, 1.807) is 36.9 Å². The summed E-state index contributed by atoms with van der Waals surface area (Å²) in [4.78, 5) is 25.6. The van der Waals surface area contributed by atoms with Crippen LogP contribution in [-0.4, -0.2) is 54.6 Å². The Bertz CT molecular complexity index is 1290. The average molecular weight is 448 g/mol. The number of carbonyl (C=O) groups excluding carboxylic acids is 1. The van der Waals surface area contributed by atoms with E-state index in [-0.39, 0.29) is 17.4 Å². The summed E-state index contributed by atoms with van der Waals surface area (Å²) in [6.45, 7) is 1.94. The molecule has 33 heavy (non-hydrogen) atoms. The summed E-state index contributed by atoms with van der Waals surface area (Å²) in [6, 6.07) is 7.38. The van der Waals surface area contributed by atoms with Crippen LogP contribution in [0.4, 0.5) is 23.3 Å². The Morgan fingerprint density at radius 2 is 1.94 bits per heavy atom. The van der Waals surface area contributed by atoms with E-state index >= 15 is 0 Å². The molecule has 0 unspecified atom stereocenters. The number of hydrogen-bond donors (Lipinski definition) is 3. The molecule has 0 fully saturated rings. The molecule has 0 saturated heterocycles. The second kappa shape index (κ2) is 8.94. The Balaban J connectivity index is 1.73. The summed E-state index contributed by atoms with van der Waals surface area (Å²) in [5, 5.41) is 17.6. The number of carbonyl (C=O) groups is 1. The van der Waals surface area contributed by atoms with Crippen LogP contribution < -0.4 is 20.7 Å². The van der Waals surface area contributed by atoms with Crippen LogP contribution in [0.2, 0.25) is 0 Å². The average Bonchev–Trinajstić information content (AvgIpc) is 3.37. The molecule has 0 aliphatic rings. The van der Waals surface area contributed by atoms with E-state index in [1.807, 2.05) is 38.2 Å². The molecule has 0 radical (unpaired) electrons. The van der Waals surface area contributed by atoms with Gasteiger partial charge in [0.25, 0.3) is 5.91 Å². The number of nitrogens with zero attached hydrogens (tertiary/aromatic N) is 7.